The van der Waals surface area contributed by atoms with E-state index >= 15 is 0 Å². The van der Waals surface area contributed by atoms with Crippen molar-refractivity contribution in [2.75, 3.05) is 11.4 Å². The first-order chi connectivity index (χ1) is 7.08. The molecule has 0 saturated carbocycles. The number of alkyl halides is 1. The summed E-state index contributed by atoms with van der Waals surface area (Å²) < 4.78 is 14.2. The Morgan fingerprint density at radius 2 is 2.20 bits per heavy atom. The molecule has 1 heterocycles. The topological polar surface area (TPSA) is 20.3 Å². The van der Waals surface area contributed by atoms with E-state index in [-0.39, 0.29) is 16.6 Å². The van der Waals surface area contributed by atoms with E-state index in [1.54, 1.807) is 12.1 Å². The Labute approximate surface area is 104 Å². The SMILES string of the molecule is O=C1CC(Br)CN1c1ccc(Br)cc1F. The molecule has 1 aliphatic heterocycles. The predicted octanol–water partition coefficient (Wildman–Crippen LogP) is 3.09. The van der Waals surface area contributed by atoms with Crippen molar-refractivity contribution in [3.05, 3.63) is 28.5 Å². The molecule has 15 heavy (non-hydrogen) atoms. The van der Waals surface area contributed by atoms with E-state index in [1.165, 1.54) is 11.0 Å². The Bertz CT molecular complexity index is 410. The molecule has 1 amide bonds. The molecule has 1 aromatic rings. The fourth-order valence-corrected chi connectivity index (χ4v) is 2.50. The highest BCUT2D eigenvalue weighted by Gasteiger charge is 2.30. The van der Waals surface area contributed by atoms with Gasteiger partial charge in [0, 0.05) is 22.3 Å². The Morgan fingerprint density at radius 3 is 2.73 bits per heavy atom. The first kappa shape index (κ1) is 11.1. The van der Waals surface area contributed by atoms with E-state index in [1.807, 2.05) is 0 Å². The Morgan fingerprint density at radius 1 is 1.47 bits per heavy atom. The lowest BCUT2D eigenvalue weighted by atomic mass is 10.3. The molecule has 1 fully saturated rings. The van der Waals surface area contributed by atoms with Crippen LogP contribution in [0.5, 0.6) is 0 Å². The summed E-state index contributed by atoms with van der Waals surface area (Å²) in [6, 6.07) is 4.71. The summed E-state index contributed by atoms with van der Waals surface area (Å²) in [5, 5.41) is 0. The van der Waals surface area contributed by atoms with Gasteiger partial charge in [0.05, 0.1) is 5.69 Å². The minimum absolute atomic E-state index is 0.0434. The number of nitrogens with zero attached hydrogens (tertiary/aromatic N) is 1. The summed E-state index contributed by atoms with van der Waals surface area (Å²) in [5.74, 6) is -0.419. The van der Waals surface area contributed by atoms with Crippen molar-refractivity contribution < 1.29 is 9.18 Å². The fourth-order valence-electron chi connectivity index (χ4n) is 1.60. The summed E-state index contributed by atoms with van der Waals surface area (Å²) in [6.07, 6.45) is 0.426. The molecule has 1 atom stereocenters. The van der Waals surface area contributed by atoms with Crippen LogP contribution in [0.3, 0.4) is 0 Å². The van der Waals surface area contributed by atoms with Gasteiger partial charge < -0.3 is 4.90 Å². The third-order valence-corrected chi connectivity index (χ3v) is 3.38. The van der Waals surface area contributed by atoms with Crippen molar-refractivity contribution in [1.82, 2.24) is 0 Å². The van der Waals surface area contributed by atoms with E-state index in [0.29, 0.717) is 23.1 Å². The van der Waals surface area contributed by atoms with Crippen LogP contribution in [-0.4, -0.2) is 17.3 Å². The molecule has 0 radical (unpaired) electrons. The van der Waals surface area contributed by atoms with Crippen LogP contribution >= 0.6 is 31.9 Å². The molecule has 0 aromatic heterocycles. The smallest absolute Gasteiger partial charge is 0.228 e. The molecule has 5 heteroatoms. The van der Waals surface area contributed by atoms with Gasteiger partial charge in [-0.1, -0.05) is 31.9 Å². The van der Waals surface area contributed by atoms with Gasteiger partial charge in [-0.05, 0) is 18.2 Å². The molecule has 1 aromatic carbocycles. The summed E-state index contributed by atoms with van der Waals surface area (Å²) in [4.78, 5) is 13.1. The minimum atomic E-state index is -0.376. The first-order valence-corrected chi connectivity index (χ1v) is 6.18. The first-order valence-electron chi connectivity index (χ1n) is 4.47. The van der Waals surface area contributed by atoms with Gasteiger partial charge in [-0.2, -0.15) is 0 Å². The average molecular weight is 337 g/mol. The van der Waals surface area contributed by atoms with Crippen LogP contribution in [0.25, 0.3) is 0 Å². The highest BCUT2D eigenvalue weighted by molar-refractivity contribution is 9.10. The molecular weight excluding hydrogens is 329 g/mol. The van der Waals surface area contributed by atoms with Crippen LogP contribution in [0, 0.1) is 5.82 Å². The van der Waals surface area contributed by atoms with Crippen molar-refractivity contribution in [3.8, 4) is 0 Å². The number of carbonyl (C=O) groups excluding carboxylic acids is 1. The number of hydrogen-bond donors (Lipinski definition) is 0. The van der Waals surface area contributed by atoms with Gasteiger partial charge in [0.1, 0.15) is 5.82 Å². The number of benzene rings is 1. The summed E-state index contributed by atoms with van der Waals surface area (Å²) in [5.41, 5.74) is 0.352. The van der Waals surface area contributed by atoms with Crippen LogP contribution in [0.4, 0.5) is 10.1 Å². The molecule has 0 spiro atoms. The largest absolute Gasteiger partial charge is 0.308 e. The van der Waals surface area contributed by atoms with Gasteiger partial charge >= 0.3 is 0 Å². The Kier molecular flexibility index (Phi) is 3.11. The van der Waals surface area contributed by atoms with Crippen LogP contribution in [0.1, 0.15) is 6.42 Å². The van der Waals surface area contributed by atoms with Crippen molar-refractivity contribution in [2.45, 2.75) is 11.2 Å². The minimum Gasteiger partial charge on any atom is -0.308 e. The summed E-state index contributed by atoms with van der Waals surface area (Å²) >= 11 is 6.54. The second-order valence-corrected chi connectivity index (χ2v) is 5.61. The van der Waals surface area contributed by atoms with Crippen molar-refractivity contribution in [2.24, 2.45) is 0 Å². The molecule has 1 unspecified atom stereocenters. The summed E-state index contributed by atoms with van der Waals surface area (Å²) in [6.45, 7) is 0.525. The van der Waals surface area contributed by atoms with Gasteiger partial charge in [-0.15, -0.1) is 0 Å². The zero-order valence-corrected chi connectivity index (χ0v) is 10.9. The summed E-state index contributed by atoms with van der Waals surface area (Å²) in [7, 11) is 0. The third kappa shape index (κ3) is 2.23. The van der Waals surface area contributed by atoms with Gasteiger partial charge in [-0.3, -0.25) is 4.79 Å². The lowest BCUT2D eigenvalue weighted by Crippen LogP contribution is -2.25. The molecule has 80 valence electrons. The average Bonchev–Trinajstić information content (AvgIpc) is 2.45. The molecular formula is C10H8Br2FNO. The second-order valence-electron chi connectivity index (χ2n) is 3.40. The van der Waals surface area contributed by atoms with Gasteiger partial charge in [0.15, 0.2) is 0 Å². The van der Waals surface area contributed by atoms with E-state index in [4.69, 9.17) is 0 Å². The lowest BCUT2D eigenvalue weighted by molar-refractivity contribution is -0.117. The van der Waals surface area contributed by atoms with E-state index in [9.17, 15) is 9.18 Å². The zero-order valence-electron chi connectivity index (χ0n) is 7.71. The molecule has 1 saturated heterocycles. The van der Waals surface area contributed by atoms with E-state index < -0.39 is 0 Å². The van der Waals surface area contributed by atoms with Gasteiger partial charge in [0.2, 0.25) is 5.91 Å². The fraction of sp³-hybridized carbons (Fsp3) is 0.300. The van der Waals surface area contributed by atoms with Gasteiger partial charge in [-0.25, -0.2) is 4.39 Å². The van der Waals surface area contributed by atoms with Crippen molar-refractivity contribution in [1.29, 1.82) is 0 Å². The molecule has 0 N–H and O–H groups in total. The van der Waals surface area contributed by atoms with Crippen molar-refractivity contribution >= 4 is 43.5 Å². The van der Waals surface area contributed by atoms with Crippen molar-refractivity contribution in [3.63, 3.8) is 0 Å². The number of amides is 1. The maximum atomic E-state index is 13.6. The number of halogens is 3. The normalized spacial score (nSPS) is 21.1. The van der Waals surface area contributed by atoms with Crippen LogP contribution in [-0.2, 0) is 4.79 Å². The van der Waals surface area contributed by atoms with Gasteiger partial charge in [0.25, 0.3) is 0 Å². The predicted molar refractivity (Wildman–Crippen MR) is 63.8 cm³/mol. The molecule has 0 aliphatic carbocycles. The second kappa shape index (κ2) is 4.22. The number of anilines is 1. The maximum absolute atomic E-state index is 13.6. The van der Waals surface area contributed by atoms with E-state index in [0.717, 1.165) is 0 Å². The molecule has 2 nitrogen and oxygen atoms in total. The highest BCUT2D eigenvalue weighted by Crippen LogP contribution is 2.28. The molecule has 0 bridgehead atoms. The standard InChI is InChI=1S/C10H8Br2FNO/c11-6-1-2-9(8(13)3-6)14-5-7(12)4-10(14)15/h1-3,7H,4-5H2. The third-order valence-electron chi connectivity index (χ3n) is 2.28. The van der Waals surface area contributed by atoms with Crippen LogP contribution in [0.15, 0.2) is 22.7 Å². The molecule has 1 aliphatic rings. The number of hydrogen-bond acceptors (Lipinski definition) is 1. The zero-order chi connectivity index (χ0) is 11.0. The Hall–Kier alpha value is -0.420. The van der Waals surface area contributed by atoms with Crippen LogP contribution in [0.2, 0.25) is 0 Å². The number of carbonyl (C=O) groups is 1. The number of rotatable bonds is 1. The van der Waals surface area contributed by atoms with Crippen LogP contribution < -0.4 is 4.90 Å². The monoisotopic (exact) mass is 335 g/mol. The lowest BCUT2D eigenvalue weighted by Gasteiger charge is -2.16. The highest BCUT2D eigenvalue weighted by atomic mass is 79.9. The quantitative estimate of drug-likeness (QED) is 0.722. The maximum Gasteiger partial charge on any atom is 0.228 e. The molecule has 2 rings (SSSR count). The Balaban J connectivity index is 2.34. The van der Waals surface area contributed by atoms with E-state index in [2.05, 4.69) is 31.9 Å².